The van der Waals surface area contributed by atoms with Crippen LogP contribution in [0.5, 0.6) is 0 Å². The lowest BCUT2D eigenvalue weighted by atomic mass is 10.1. The highest BCUT2D eigenvalue weighted by atomic mass is 32.2. The van der Waals surface area contributed by atoms with E-state index in [4.69, 9.17) is 4.52 Å². The Bertz CT molecular complexity index is 1100. The summed E-state index contributed by atoms with van der Waals surface area (Å²) in [4.78, 5) is 7.15. The second-order valence-corrected chi connectivity index (χ2v) is 9.98. The molecule has 0 atom stereocenters. The lowest BCUT2D eigenvalue weighted by Gasteiger charge is -2.33. The van der Waals surface area contributed by atoms with E-state index in [-0.39, 0.29) is 0 Å². The molecule has 0 radical (unpaired) electrons. The molecule has 8 heteroatoms. The van der Waals surface area contributed by atoms with Crippen LogP contribution in [-0.2, 0) is 16.4 Å². The fourth-order valence-corrected chi connectivity index (χ4v) is 5.11. The van der Waals surface area contributed by atoms with E-state index in [0.717, 1.165) is 37.2 Å². The maximum atomic E-state index is 12.8. The van der Waals surface area contributed by atoms with Gasteiger partial charge in [0.2, 0.25) is 21.7 Å². The number of aromatic nitrogens is 2. The molecule has 1 aliphatic heterocycles. The molecule has 0 bridgehead atoms. The van der Waals surface area contributed by atoms with Crippen molar-refractivity contribution in [1.82, 2.24) is 19.3 Å². The smallest absolute Gasteiger partial charge is 0.243 e. The fraction of sp³-hybridized carbons (Fsp3) is 0.391. The van der Waals surface area contributed by atoms with E-state index in [9.17, 15) is 8.42 Å². The van der Waals surface area contributed by atoms with Crippen molar-refractivity contribution < 1.29 is 12.9 Å². The first-order chi connectivity index (χ1) is 14.9. The zero-order valence-corrected chi connectivity index (χ0v) is 18.8. The Kier molecular flexibility index (Phi) is 6.50. The average molecular weight is 441 g/mol. The van der Waals surface area contributed by atoms with Crippen LogP contribution in [0.1, 0.15) is 23.4 Å². The van der Waals surface area contributed by atoms with E-state index in [1.165, 1.54) is 5.56 Å². The van der Waals surface area contributed by atoms with Gasteiger partial charge in [-0.25, -0.2) is 8.42 Å². The molecule has 4 rings (SSSR count). The summed E-state index contributed by atoms with van der Waals surface area (Å²) < 4.78 is 32.6. The molecule has 164 valence electrons. The summed E-state index contributed by atoms with van der Waals surface area (Å²) in [6.07, 6.45) is 1.60. The van der Waals surface area contributed by atoms with Gasteiger partial charge in [-0.1, -0.05) is 52.7 Å². The molecule has 1 saturated heterocycles. The topological polar surface area (TPSA) is 79.5 Å². The maximum absolute atomic E-state index is 12.8. The molecule has 7 nitrogen and oxygen atoms in total. The Balaban J connectivity index is 1.24. The molecule has 0 saturated carbocycles. The summed E-state index contributed by atoms with van der Waals surface area (Å²) in [5, 5.41) is 4.08. The van der Waals surface area contributed by atoms with E-state index in [1.54, 1.807) is 16.4 Å². The van der Waals surface area contributed by atoms with Crippen LogP contribution in [0.25, 0.3) is 11.4 Å². The summed E-state index contributed by atoms with van der Waals surface area (Å²) in [5.74, 6) is 1.25. The molecule has 0 amide bonds. The Morgan fingerprint density at radius 2 is 1.52 bits per heavy atom. The van der Waals surface area contributed by atoms with Gasteiger partial charge in [0.1, 0.15) is 0 Å². The van der Waals surface area contributed by atoms with Gasteiger partial charge in [0, 0.05) is 38.2 Å². The van der Waals surface area contributed by atoms with Crippen LogP contribution >= 0.6 is 0 Å². The van der Waals surface area contributed by atoms with Gasteiger partial charge in [-0.2, -0.15) is 9.29 Å². The first-order valence-corrected chi connectivity index (χ1v) is 12.0. The lowest BCUT2D eigenvalue weighted by molar-refractivity contribution is 0.185. The van der Waals surface area contributed by atoms with Crippen LogP contribution < -0.4 is 0 Å². The third-order valence-electron chi connectivity index (χ3n) is 5.63. The fourth-order valence-electron chi connectivity index (χ4n) is 3.68. The third kappa shape index (κ3) is 5.20. The summed E-state index contributed by atoms with van der Waals surface area (Å²) in [5.41, 5.74) is 3.20. The Morgan fingerprint density at radius 3 is 2.16 bits per heavy atom. The molecule has 0 spiro atoms. The van der Waals surface area contributed by atoms with Gasteiger partial charge in [-0.15, -0.1) is 0 Å². The molecule has 1 fully saturated rings. The van der Waals surface area contributed by atoms with E-state index in [0.29, 0.717) is 36.1 Å². The Hall–Kier alpha value is -2.55. The van der Waals surface area contributed by atoms with E-state index < -0.39 is 10.0 Å². The first-order valence-electron chi connectivity index (χ1n) is 10.6. The van der Waals surface area contributed by atoms with Crippen molar-refractivity contribution in [2.75, 3.05) is 32.7 Å². The van der Waals surface area contributed by atoms with Crippen LogP contribution in [0.2, 0.25) is 0 Å². The predicted octanol–water partition coefficient (Wildman–Crippen LogP) is 3.29. The molecule has 2 aromatic carbocycles. The third-order valence-corrected chi connectivity index (χ3v) is 7.55. The maximum Gasteiger partial charge on any atom is 0.243 e. The van der Waals surface area contributed by atoms with Gasteiger partial charge in [-0.05, 0) is 38.9 Å². The van der Waals surface area contributed by atoms with Crippen LogP contribution in [0.4, 0.5) is 0 Å². The van der Waals surface area contributed by atoms with Crippen molar-refractivity contribution in [2.24, 2.45) is 0 Å². The number of benzene rings is 2. The van der Waals surface area contributed by atoms with Crippen molar-refractivity contribution in [1.29, 1.82) is 0 Å². The Labute approximate surface area is 183 Å². The van der Waals surface area contributed by atoms with Crippen LogP contribution in [0.15, 0.2) is 57.9 Å². The van der Waals surface area contributed by atoms with Gasteiger partial charge in [0.05, 0.1) is 4.90 Å². The summed E-state index contributed by atoms with van der Waals surface area (Å²) >= 11 is 0. The van der Waals surface area contributed by atoms with E-state index >= 15 is 0 Å². The van der Waals surface area contributed by atoms with E-state index in [2.05, 4.69) is 15.0 Å². The van der Waals surface area contributed by atoms with Crippen molar-refractivity contribution in [3.05, 3.63) is 65.5 Å². The van der Waals surface area contributed by atoms with E-state index in [1.807, 2.05) is 50.2 Å². The molecule has 0 unspecified atom stereocenters. The average Bonchev–Trinajstić information content (AvgIpc) is 3.24. The molecule has 3 aromatic rings. The largest absolute Gasteiger partial charge is 0.339 e. The Morgan fingerprint density at radius 1 is 0.903 bits per heavy atom. The quantitative estimate of drug-likeness (QED) is 0.561. The number of rotatable bonds is 7. The second-order valence-electron chi connectivity index (χ2n) is 8.04. The van der Waals surface area contributed by atoms with Gasteiger partial charge in [0.15, 0.2) is 0 Å². The van der Waals surface area contributed by atoms with Crippen molar-refractivity contribution >= 4 is 10.0 Å². The molecule has 2 heterocycles. The van der Waals surface area contributed by atoms with Gasteiger partial charge < -0.3 is 9.42 Å². The summed E-state index contributed by atoms with van der Waals surface area (Å²) in [7, 11) is -3.42. The highest BCUT2D eigenvalue weighted by Gasteiger charge is 2.28. The highest BCUT2D eigenvalue weighted by Crippen LogP contribution is 2.19. The molecule has 1 aromatic heterocycles. The zero-order valence-electron chi connectivity index (χ0n) is 18.0. The summed E-state index contributed by atoms with van der Waals surface area (Å²) in [6, 6.07) is 15.1. The number of piperazine rings is 1. The van der Waals surface area contributed by atoms with Crippen molar-refractivity contribution in [2.45, 2.75) is 31.6 Å². The standard InChI is InChI=1S/C23H28N4O3S/c1-18-5-9-20(10-6-18)23-24-22(30-25-23)4-3-13-26-14-16-27(17-15-26)31(28,29)21-11-7-19(2)8-12-21/h5-12H,3-4,13-17H2,1-2H3. The molecular weight excluding hydrogens is 412 g/mol. The van der Waals surface area contributed by atoms with Crippen molar-refractivity contribution in [3.8, 4) is 11.4 Å². The number of hydrogen-bond acceptors (Lipinski definition) is 6. The molecule has 31 heavy (non-hydrogen) atoms. The first kappa shape index (κ1) is 21.7. The number of hydrogen-bond donors (Lipinski definition) is 0. The SMILES string of the molecule is Cc1ccc(-c2noc(CCCN3CCN(S(=O)(=O)c4ccc(C)cc4)CC3)n2)cc1. The normalized spacial score (nSPS) is 15.9. The van der Waals surface area contributed by atoms with Gasteiger partial charge >= 0.3 is 0 Å². The minimum absolute atomic E-state index is 0.368. The second kappa shape index (κ2) is 9.30. The molecular formula is C23H28N4O3S. The number of aryl methyl sites for hydroxylation is 3. The summed E-state index contributed by atoms with van der Waals surface area (Å²) in [6.45, 7) is 7.34. The van der Waals surface area contributed by atoms with Crippen LogP contribution in [0.3, 0.4) is 0 Å². The number of nitrogens with zero attached hydrogens (tertiary/aromatic N) is 4. The predicted molar refractivity (Wildman–Crippen MR) is 119 cm³/mol. The van der Waals surface area contributed by atoms with Gasteiger partial charge in [-0.3, -0.25) is 0 Å². The van der Waals surface area contributed by atoms with Crippen molar-refractivity contribution in [3.63, 3.8) is 0 Å². The minimum atomic E-state index is -3.42. The monoisotopic (exact) mass is 440 g/mol. The van der Waals surface area contributed by atoms with Crippen LogP contribution in [-0.4, -0.2) is 60.5 Å². The highest BCUT2D eigenvalue weighted by molar-refractivity contribution is 7.89. The zero-order chi connectivity index (χ0) is 21.8. The molecule has 1 aliphatic rings. The molecule has 0 aliphatic carbocycles. The van der Waals surface area contributed by atoms with Crippen LogP contribution in [0, 0.1) is 13.8 Å². The number of sulfonamides is 1. The lowest BCUT2D eigenvalue weighted by Crippen LogP contribution is -2.48. The van der Waals surface area contributed by atoms with Gasteiger partial charge in [0.25, 0.3) is 0 Å². The minimum Gasteiger partial charge on any atom is -0.339 e. The molecule has 0 N–H and O–H groups in total.